The first-order valence-corrected chi connectivity index (χ1v) is 5.61. The Kier molecular flexibility index (Phi) is 3.44. The van der Waals surface area contributed by atoms with Crippen LogP contribution in [0.15, 0.2) is 42.6 Å². The number of nitriles is 1. The summed E-state index contributed by atoms with van der Waals surface area (Å²) in [6, 6.07) is 8.27. The van der Waals surface area contributed by atoms with Gasteiger partial charge in [-0.2, -0.15) is 5.26 Å². The summed E-state index contributed by atoms with van der Waals surface area (Å²) in [5.74, 6) is -0.380. The molecule has 1 aliphatic heterocycles. The van der Waals surface area contributed by atoms with Crippen LogP contribution in [0.4, 0.5) is 4.79 Å². The number of nitrogens with one attached hydrogen (secondary N) is 1. The Hall–Kier alpha value is -2.87. The Balaban J connectivity index is 2.24. The molecule has 0 radical (unpaired) electrons. The number of hydrogen-bond donors (Lipinski definition) is 1. The molecular formula is C14H11N3O2. The number of carbonyl (C=O) groups excluding carboxylic acids is 2. The highest BCUT2D eigenvalue weighted by Crippen LogP contribution is 2.14. The van der Waals surface area contributed by atoms with Gasteiger partial charge in [0.25, 0.3) is 5.91 Å². The third-order valence-corrected chi connectivity index (χ3v) is 2.62. The number of urea groups is 1. The summed E-state index contributed by atoms with van der Waals surface area (Å²) >= 11 is 0. The van der Waals surface area contributed by atoms with Gasteiger partial charge in [-0.15, -0.1) is 6.58 Å². The van der Waals surface area contributed by atoms with Gasteiger partial charge in [-0.1, -0.05) is 18.2 Å². The maximum atomic E-state index is 11.9. The predicted molar refractivity (Wildman–Crippen MR) is 69.6 cm³/mol. The van der Waals surface area contributed by atoms with Crippen LogP contribution in [0.5, 0.6) is 0 Å². The Morgan fingerprint density at radius 1 is 1.32 bits per heavy atom. The topological polar surface area (TPSA) is 73.2 Å². The van der Waals surface area contributed by atoms with Crippen LogP contribution in [0.2, 0.25) is 0 Å². The average molecular weight is 253 g/mol. The van der Waals surface area contributed by atoms with Gasteiger partial charge >= 0.3 is 6.03 Å². The van der Waals surface area contributed by atoms with E-state index in [1.54, 1.807) is 30.3 Å². The molecule has 3 amide bonds. The highest BCUT2D eigenvalue weighted by atomic mass is 16.2. The van der Waals surface area contributed by atoms with Crippen molar-refractivity contribution < 1.29 is 9.59 Å². The summed E-state index contributed by atoms with van der Waals surface area (Å²) in [4.78, 5) is 24.5. The largest absolute Gasteiger partial charge is 0.329 e. The van der Waals surface area contributed by atoms with E-state index in [0.717, 1.165) is 10.5 Å². The molecule has 0 saturated carbocycles. The summed E-state index contributed by atoms with van der Waals surface area (Å²) in [5, 5.41) is 11.2. The van der Waals surface area contributed by atoms with Gasteiger partial charge in [0.1, 0.15) is 5.70 Å². The Morgan fingerprint density at radius 2 is 2.00 bits per heavy atom. The Bertz CT molecular complexity index is 609. The second kappa shape index (κ2) is 5.19. The number of rotatable bonds is 3. The summed E-state index contributed by atoms with van der Waals surface area (Å²) in [7, 11) is 0. The van der Waals surface area contributed by atoms with E-state index in [4.69, 9.17) is 5.26 Å². The fourth-order valence-corrected chi connectivity index (χ4v) is 1.69. The van der Waals surface area contributed by atoms with Crippen molar-refractivity contribution in [1.29, 1.82) is 5.26 Å². The fraction of sp³-hybridized carbons (Fsp3) is 0.0714. The summed E-state index contributed by atoms with van der Waals surface area (Å²) in [6.45, 7) is 3.67. The molecule has 1 aromatic rings. The van der Waals surface area contributed by atoms with Gasteiger partial charge in [-0.25, -0.2) is 4.79 Å². The van der Waals surface area contributed by atoms with E-state index in [1.807, 2.05) is 6.07 Å². The van der Waals surface area contributed by atoms with Crippen LogP contribution in [0.25, 0.3) is 6.08 Å². The van der Waals surface area contributed by atoms with Crippen molar-refractivity contribution in [3.63, 3.8) is 0 Å². The van der Waals surface area contributed by atoms with Gasteiger partial charge < -0.3 is 5.32 Å². The second-order valence-corrected chi connectivity index (χ2v) is 3.93. The molecule has 1 aromatic carbocycles. The molecule has 0 spiro atoms. The lowest BCUT2D eigenvalue weighted by Gasteiger charge is -2.06. The molecule has 5 nitrogen and oxygen atoms in total. The zero-order valence-corrected chi connectivity index (χ0v) is 10.1. The van der Waals surface area contributed by atoms with Gasteiger partial charge in [0, 0.05) is 6.54 Å². The summed E-state index contributed by atoms with van der Waals surface area (Å²) in [5.41, 5.74) is 1.50. The minimum atomic E-state index is -0.454. The molecule has 0 unspecified atom stereocenters. The van der Waals surface area contributed by atoms with Gasteiger partial charge in [0.2, 0.25) is 0 Å². The third-order valence-electron chi connectivity index (χ3n) is 2.62. The van der Waals surface area contributed by atoms with Crippen molar-refractivity contribution in [1.82, 2.24) is 10.2 Å². The van der Waals surface area contributed by atoms with Gasteiger partial charge in [0.15, 0.2) is 0 Å². The smallest absolute Gasteiger partial charge is 0.303 e. The van der Waals surface area contributed by atoms with Gasteiger partial charge in [-0.3, -0.25) is 9.69 Å². The van der Waals surface area contributed by atoms with Crippen LogP contribution in [-0.4, -0.2) is 23.4 Å². The minimum absolute atomic E-state index is 0.176. The SMILES string of the molecule is C=CCN1C(=O)N/C(=C\c2ccc(C#N)cc2)C1=O. The zero-order chi connectivity index (χ0) is 13.8. The standard InChI is InChI=1S/C14H11N3O2/c1-2-7-17-13(18)12(16-14(17)19)8-10-3-5-11(9-15)6-4-10/h2-6,8H,1,7H2,(H,16,19)/b12-8-. The van der Waals surface area contributed by atoms with Crippen molar-refractivity contribution in [2.24, 2.45) is 0 Å². The van der Waals surface area contributed by atoms with E-state index < -0.39 is 6.03 Å². The quantitative estimate of drug-likeness (QED) is 0.505. The molecule has 1 N–H and O–H groups in total. The molecule has 1 fully saturated rings. The van der Waals surface area contributed by atoms with E-state index in [2.05, 4.69) is 11.9 Å². The first-order valence-electron chi connectivity index (χ1n) is 5.61. The van der Waals surface area contributed by atoms with Crippen molar-refractivity contribution in [2.45, 2.75) is 0 Å². The Labute approximate surface area is 110 Å². The number of carbonyl (C=O) groups is 2. The normalized spacial score (nSPS) is 16.4. The lowest BCUT2D eigenvalue weighted by atomic mass is 10.1. The highest BCUT2D eigenvalue weighted by Gasteiger charge is 2.32. The highest BCUT2D eigenvalue weighted by molar-refractivity contribution is 6.14. The number of imide groups is 1. The lowest BCUT2D eigenvalue weighted by molar-refractivity contribution is -0.122. The molecule has 1 heterocycles. The first-order chi connectivity index (χ1) is 9.15. The molecule has 1 aliphatic rings. The molecule has 94 valence electrons. The second-order valence-electron chi connectivity index (χ2n) is 3.93. The molecule has 0 aromatic heterocycles. The lowest BCUT2D eigenvalue weighted by Crippen LogP contribution is -2.30. The molecule has 0 atom stereocenters. The van der Waals surface area contributed by atoms with Crippen LogP contribution < -0.4 is 5.32 Å². The van der Waals surface area contributed by atoms with Crippen LogP contribution in [-0.2, 0) is 4.79 Å². The minimum Gasteiger partial charge on any atom is -0.303 e. The molecule has 0 bridgehead atoms. The van der Waals surface area contributed by atoms with Crippen molar-refractivity contribution in [3.05, 3.63) is 53.7 Å². The number of benzene rings is 1. The molecule has 0 aliphatic carbocycles. The van der Waals surface area contributed by atoms with Crippen LogP contribution in [0, 0.1) is 11.3 Å². The maximum Gasteiger partial charge on any atom is 0.329 e. The predicted octanol–water partition coefficient (Wildman–Crippen LogP) is 1.64. The van der Waals surface area contributed by atoms with Crippen molar-refractivity contribution in [2.75, 3.05) is 6.54 Å². The zero-order valence-electron chi connectivity index (χ0n) is 10.1. The summed E-state index contributed by atoms with van der Waals surface area (Å²) in [6.07, 6.45) is 3.06. The van der Waals surface area contributed by atoms with E-state index in [1.165, 1.54) is 6.08 Å². The van der Waals surface area contributed by atoms with Gasteiger partial charge in [0.05, 0.1) is 11.6 Å². The van der Waals surface area contributed by atoms with Crippen LogP contribution in [0.3, 0.4) is 0 Å². The Morgan fingerprint density at radius 3 is 2.58 bits per heavy atom. The molecular weight excluding hydrogens is 242 g/mol. The molecule has 5 heteroatoms. The number of hydrogen-bond acceptors (Lipinski definition) is 3. The van der Waals surface area contributed by atoms with Crippen LogP contribution in [0.1, 0.15) is 11.1 Å². The van der Waals surface area contributed by atoms with E-state index in [-0.39, 0.29) is 18.1 Å². The maximum absolute atomic E-state index is 11.9. The van der Waals surface area contributed by atoms with Crippen LogP contribution >= 0.6 is 0 Å². The fourth-order valence-electron chi connectivity index (χ4n) is 1.69. The van der Waals surface area contributed by atoms with E-state index >= 15 is 0 Å². The average Bonchev–Trinajstić information content (AvgIpc) is 2.68. The summed E-state index contributed by atoms with van der Waals surface area (Å²) < 4.78 is 0. The third kappa shape index (κ3) is 2.53. The van der Waals surface area contributed by atoms with Crippen molar-refractivity contribution in [3.8, 4) is 6.07 Å². The van der Waals surface area contributed by atoms with Gasteiger partial charge in [-0.05, 0) is 23.8 Å². The number of amides is 3. The monoisotopic (exact) mass is 253 g/mol. The van der Waals surface area contributed by atoms with Crippen molar-refractivity contribution >= 4 is 18.0 Å². The number of nitrogens with zero attached hydrogens (tertiary/aromatic N) is 2. The first kappa shape index (κ1) is 12.6. The van der Waals surface area contributed by atoms with E-state index in [9.17, 15) is 9.59 Å². The van der Waals surface area contributed by atoms with E-state index in [0.29, 0.717) is 5.56 Å². The molecule has 2 rings (SSSR count). The molecule has 19 heavy (non-hydrogen) atoms. The molecule has 1 saturated heterocycles.